The van der Waals surface area contributed by atoms with Crippen molar-refractivity contribution in [2.24, 2.45) is 0 Å². The first-order valence-electron chi connectivity index (χ1n) is 6.68. The van der Waals surface area contributed by atoms with E-state index in [2.05, 4.69) is 76.7 Å². The van der Waals surface area contributed by atoms with Crippen molar-refractivity contribution in [3.63, 3.8) is 0 Å². The molecule has 2 aromatic rings. The predicted octanol–water partition coefficient (Wildman–Crippen LogP) is 4.65. The zero-order valence-electron chi connectivity index (χ0n) is 11.5. The summed E-state index contributed by atoms with van der Waals surface area (Å²) >= 11 is 3.66. The van der Waals surface area contributed by atoms with E-state index in [4.69, 9.17) is 0 Å². The number of halogens is 1. The van der Waals surface area contributed by atoms with Gasteiger partial charge in [-0.15, -0.1) is 0 Å². The van der Waals surface area contributed by atoms with Crippen LogP contribution in [0.25, 0.3) is 0 Å². The fourth-order valence-corrected chi connectivity index (χ4v) is 2.86. The predicted molar refractivity (Wildman–Crippen MR) is 85.4 cm³/mol. The molecule has 0 radical (unpaired) electrons. The van der Waals surface area contributed by atoms with Gasteiger partial charge in [-0.25, -0.2) is 0 Å². The third kappa shape index (κ3) is 3.92. The van der Waals surface area contributed by atoms with Gasteiger partial charge in [0.15, 0.2) is 0 Å². The Hall–Kier alpha value is -1.12. The van der Waals surface area contributed by atoms with Gasteiger partial charge in [-0.05, 0) is 44.0 Å². The van der Waals surface area contributed by atoms with E-state index >= 15 is 0 Å². The highest BCUT2D eigenvalue weighted by atomic mass is 79.9. The van der Waals surface area contributed by atoms with E-state index in [1.54, 1.807) is 0 Å². The Bertz CT molecular complexity index is 522. The van der Waals surface area contributed by atoms with Gasteiger partial charge in [0.2, 0.25) is 0 Å². The van der Waals surface area contributed by atoms with Crippen LogP contribution in [0, 0.1) is 6.92 Å². The molecule has 1 unspecified atom stereocenters. The third-order valence-electron chi connectivity index (χ3n) is 3.44. The molecule has 0 saturated heterocycles. The monoisotopic (exact) mass is 317 g/mol. The lowest BCUT2D eigenvalue weighted by atomic mass is 9.98. The van der Waals surface area contributed by atoms with Gasteiger partial charge in [-0.2, -0.15) is 0 Å². The maximum atomic E-state index is 3.66. The smallest absolute Gasteiger partial charge is 0.0332 e. The normalized spacial score (nSPS) is 12.4. The van der Waals surface area contributed by atoms with Crippen LogP contribution in [-0.4, -0.2) is 7.05 Å². The van der Waals surface area contributed by atoms with Crippen molar-refractivity contribution in [1.82, 2.24) is 5.32 Å². The summed E-state index contributed by atoms with van der Waals surface area (Å²) in [7, 11) is 2.03. The van der Waals surface area contributed by atoms with E-state index in [0.717, 1.165) is 12.8 Å². The minimum Gasteiger partial charge on any atom is -0.313 e. The minimum absolute atomic E-state index is 0.384. The standard InChI is InChI=1S/C17H20BrN/c1-13-8-10-16(18)15(12-13)17(19-2)11-9-14-6-4-3-5-7-14/h3-8,10,12,17,19H,9,11H2,1-2H3. The number of nitrogens with one attached hydrogen (secondary N) is 1. The van der Waals surface area contributed by atoms with Gasteiger partial charge in [-0.1, -0.05) is 64.0 Å². The van der Waals surface area contributed by atoms with Crippen LogP contribution in [0.15, 0.2) is 53.0 Å². The molecule has 2 aromatic carbocycles. The maximum Gasteiger partial charge on any atom is 0.0332 e. The maximum absolute atomic E-state index is 3.66. The van der Waals surface area contributed by atoms with Crippen molar-refractivity contribution < 1.29 is 0 Å². The highest BCUT2D eigenvalue weighted by Crippen LogP contribution is 2.27. The molecule has 2 heteroatoms. The van der Waals surface area contributed by atoms with Crippen molar-refractivity contribution in [2.45, 2.75) is 25.8 Å². The molecule has 0 saturated carbocycles. The molecule has 1 atom stereocenters. The summed E-state index contributed by atoms with van der Waals surface area (Å²) < 4.78 is 1.19. The van der Waals surface area contributed by atoms with Crippen LogP contribution in [0.4, 0.5) is 0 Å². The van der Waals surface area contributed by atoms with E-state index in [1.807, 2.05) is 7.05 Å². The number of hydrogen-bond acceptors (Lipinski definition) is 1. The summed E-state index contributed by atoms with van der Waals surface area (Å²) in [5.41, 5.74) is 4.04. The first-order valence-corrected chi connectivity index (χ1v) is 7.47. The van der Waals surface area contributed by atoms with Gasteiger partial charge >= 0.3 is 0 Å². The largest absolute Gasteiger partial charge is 0.313 e. The van der Waals surface area contributed by atoms with E-state index in [9.17, 15) is 0 Å². The quantitative estimate of drug-likeness (QED) is 0.846. The first-order chi connectivity index (χ1) is 9.20. The summed E-state index contributed by atoms with van der Waals surface area (Å²) in [6, 6.07) is 17.6. The molecule has 1 nitrogen and oxygen atoms in total. The molecule has 0 aliphatic heterocycles. The van der Waals surface area contributed by atoms with E-state index in [1.165, 1.54) is 21.2 Å². The molecule has 0 aliphatic carbocycles. The van der Waals surface area contributed by atoms with Crippen molar-refractivity contribution in [1.29, 1.82) is 0 Å². The highest BCUT2D eigenvalue weighted by molar-refractivity contribution is 9.10. The summed E-state index contributed by atoms with van der Waals surface area (Å²) in [4.78, 5) is 0. The first kappa shape index (κ1) is 14.3. The van der Waals surface area contributed by atoms with Crippen LogP contribution in [0.5, 0.6) is 0 Å². The number of aryl methyl sites for hydroxylation is 2. The number of hydrogen-bond donors (Lipinski definition) is 1. The van der Waals surface area contributed by atoms with Crippen LogP contribution >= 0.6 is 15.9 Å². The number of rotatable bonds is 5. The molecule has 0 aliphatic rings. The Labute approximate surface area is 124 Å². The SMILES string of the molecule is CNC(CCc1ccccc1)c1cc(C)ccc1Br. The molecule has 0 bridgehead atoms. The second-order valence-electron chi connectivity index (χ2n) is 4.89. The lowest BCUT2D eigenvalue weighted by Gasteiger charge is -2.19. The molecule has 0 aromatic heterocycles. The third-order valence-corrected chi connectivity index (χ3v) is 4.16. The summed E-state index contributed by atoms with van der Waals surface area (Å²) in [5.74, 6) is 0. The molecule has 0 fully saturated rings. The van der Waals surface area contributed by atoms with Gasteiger partial charge in [0.1, 0.15) is 0 Å². The van der Waals surface area contributed by atoms with Crippen LogP contribution < -0.4 is 5.32 Å². The van der Waals surface area contributed by atoms with E-state index < -0.39 is 0 Å². The van der Waals surface area contributed by atoms with Gasteiger partial charge in [0, 0.05) is 10.5 Å². The molecular formula is C17H20BrN. The summed E-state index contributed by atoms with van der Waals surface area (Å²) in [6.07, 6.45) is 2.19. The molecular weight excluding hydrogens is 298 g/mol. The lowest BCUT2D eigenvalue weighted by molar-refractivity contribution is 0.547. The van der Waals surface area contributed by atoms with Crippen LogP contribution in [0.3, 0.4) is 0 Å². The Morgan fingerprint density at radius 2 is 1.84 bits per heavy atom. The van der Waals surface area contributed by atoms with Crippen molar-refractivity contribution in [3.8, 4) is 0 Å². The van der Waals surface area contributed by atoms with Crippen molar-refractivity contribution in [2.75, 3.05) is 7.05 Å². The van der Waals surface area contributed by atoms with Gasteiger partial charge < -0.3 is 5.32 Å². The van der Waals surface area contributed by atoms with Gasteiger partial charge in [0.05, 0.1) is 0 Å². The Morgan fingerprint density at radius 3 is 2.53 bits per heavy atom. The molecule has 0 heterocycles. The molecule has 2 rings (SSSR count). The topological polar surface area (TPSA) is 12.0 Å². The molecule has 1 N–H and O–H groups in total. The fourth-order valence-electron chi connectivity index (χ4n) is 2.34. The van der Waals surface area contributed by atoms with Crippen LogP contribution in [-0.2, 0) is 6.42 Å². The Morgan fingerprint density at radius 1 is 1.11 bits per heavy atom. The van der Waals surface area contributed by atoms with Crippen molar-refractivity contribution in [3.05, 3.63) is 69.7 Å². The zero-order valence-corrected chi connectivity index (χ0v) is 13.1. The summed E-state index contributed by atoms with van der Waals surface area (Å²) in [6.45, 7) is 2.14. The van der Waals surface area contributed by atoms with Gasteiger partial charge in [0.25, 0.3) is 0 Å². The lowest BCUT2D eigenvalue weighted by Crippen LogP contribution is -2.17. The fraction of sp³-hybridized carbons (Fsp3) is 0.294. The molecule has 0 amide bonds. The average Bonchev–Trinajstić information content (AvgIpc) is 2.44. The van der Waals surface area contributed by atoms with Crippen LogP contribution in [0.2, 0.25) is 0 Å². The molecule has 0 spiro atoms. The molecule has 19 heavy (non-hydrogen) atoms. The number of benzene rings is 2. The van der Waals surface area contributed by atoms with Gasteiger partial charge in [-0.3, -0.25) is 0 Å². The second kappa shape index (κ2) is 6.88. The second-order valence-corrected chi connectivity index (χ2v) is 5.74. The Kier molecular flexibility index (Phi) is 5.17. The summed E-state index contributed by atoms with van der Waals surface area (Å²) in [5, 5.41) is 3.43. The average molecular weight is 318 g/mol. The van der Waals surface area contributed by atoms with Crippen molar-refractivity contribution >= 4 is 15.9 Å². The molecule has 100 valence electrons. The minimum atomic E-state index is 0.384. The zero-order chi connectivity index (χ0) is 13.7. The highest BCUT2D eigenvalue weighted by Gasteiger charge is 2.12. The Balaban J connectivity index is 2.10. The van der Waals surface area contributed by atoms with E-state index in [-0.39, 0.29) is 0 Å². The van der Waals surface area contributed by atoms with Crippen LogP contribution in [0.1, 0.15) is 29.2 Å². The van der Waals surface area contributed by atoms with E-state index in [0.29, 0.717) is 6.04 Å².